The molecule has 2 fully saturated rings. The van der Waals surface area contributed by atoms with Crippen LogP contribution in [0.15, 0.2) is 22.8 Å². The molecular formula is C16H19N3O6. The van der Waals surface area contributed by atoms with Gasteiger partial charge in [0.2, 0.25) is 5.76 Å². The summed E-state index contributed by atoms with van der Waals surface area (Å²) in [5, 5.41) is 3.35. The molecule has 1 aromatic heterocycles. The lowest BCUT2D eigenvalue weighted by atomic mass is 9.77. The Morgan fingerprint density at radius 1 is 1.40 bits per heavy atom. The molecule has 0 radical (unpaired) electrons. The highest BCUT2D eigenvalue weighted by atomic mass is 16.5. The van der Waals surface area contributed by atoms with Crippen molar-refractivity contribution in [3.05, 3.63) is 24.2 Å². The third kappa shape index (κ3) is 3.35. The Morgan fingerprint density at radius 2 is 2.12 bits per heavy atom. The highest BCUT2D eigenvalue weighted by Gasteiger charge is 2.52. The summed E-state index contributed by atoms with van der Waals surface area (Å²) in [6, 6.07) is 2.23. The van der Waals surface area contributed by atoms with Crippen LogP contribution in [0.2, 0.25) is 0 Å². The number of nitrogens with zero attached hydrogens (tertiary/aromatic N) is 1. The van der Waals surface area contributed by atoms with Gasteiger partial charge in [-0.25, -0.2) is 9.59 Å². The predicted octanol–water partition coefficient (Wildman–Crippen LogP) is 0.968. The fourth-order valence-electron chi connectivity index (χ4n) is 3.07. The van der Waals surface area contributed by atoms with E-state index in [0.29, 0.717) is 23.8 Å². The molecule has 134 valence electrons. The monoisotopic (exact) mass is 349 g/mol. The number of hydrazine groups is 1. The van der Waals surface area contributed by atoms with Crippen molar-refractivity contribution in [3.63, 3.8) is 0 Å². The number of imide groups is 1. The number of amides is 4. The van der Waals surface area contributed by atoms with Crippen LogP contribution in [0.3, 0.4) is 0 Å². The molecule has 4 amide bonds. The normalized spacial score (nSPS) is 25.8. The number of carbonyl (C=O) groups is 4. The molecule has 9 nitrogen and oxygen atoms in total. The maximum Gasteiger partial charge on any atom is 0.374 e. The Bertz CT molecular complexity index is 691. The number of hydrogen-bond donors (Lipinski definition) is 2. The van der Waals surface area contributed by atoms with Gasteiger partial charge in [0.1, 0.15) is 5.54 Å². The number of furan rings is 1. The van der Waals surface area contributed by atoms with Crippen molar-refractivity contribution in [2.45, 2.75) is 38.1 Å². The molecule has 2 heterocycles. The largest absolute Gasteiger partial charge is 0.457 e. The summed E-state index contributed by atoms with van der Waals surface area (Å²) in [6.07, 6.45) is 4.04. The van der Waals surface area contributed by atoms with E-state index in [2.05, 4.69) is 17.7 Å². The van der Waals surface area contributed by atoms with Crippen LogP contribution in [0.5, 0.6) is 0 Å². The van der Waals surface area contributed by atoms with Gasteiger partial charge >= 0.3 is 12.0 Å². The van der Waals surface area contributed by atoms with Gasteiger partial charge < -0.3 is 14.5 Å². The molecule has 25 heavy (non-hydrogen) atoms. The molecule has 1 aliphatic heterocycles. The Hall–Kier alpha value is -2.84. The van der Waals surface area contributed by atoms with Gasteiger partial charge in [-0.1, -0.05) is 6.92 Å². The molecule has 0 bridgehead atoms. The predicted molar refractivity (Wildman–Crippen MR) is 82.9 cm³/mol. The van der Waals surface area contributed by atoms with E-state index in [-0.39, 0.29) is 5.76 Å². The van der Waals surface area contributed by atoms with E-state index in [1.807, 2.05) is 0 Å². The van der Waals surface area contributed by atoms with Gasteiger partial charge in [-0.05, 0) is 43.7 Å². The van der Waals surface area contributed by atoms with Crippen molar-refractivity contribution in [3.8, 4) is 0 Å². The Labute approximate surface area is 143 Å². The van der Waals surface area contributed by atoms with Gasteiger partial charge in [-0.2, -0.15) is 5.01 Å². The van der Waals surface area contributed by atoms with Gasteiger partial charge in [0.15, 0.2) is 6.61 Å². The second-order valence-corrected chi connectivity index (χ2v) is 6.42. The van der Waals surface area contributed by atoms with Crippen LogP contribution in [0, 0.1) is 5.92 Å². The van der Waals surface area contributed by atoms with Gasteiger partial charge in [0, 0.05) is 0 Å². The minimum absolute atomic E-state index is 0.0435. The van der Waals surface area contributed by atoms with Crippen LogP contribution in [0.1, 0.15) is 43.2 Å². The van der Waals surface area contributed by atoms with Crippen molar-refractivity contribution in [1.82, 2.24) is 15.8 Å². The van der Waals surface area contributed by atoms with E-state index in [1.54, 1.807) is 0 Å². The van der Waals surface area contributed by atoms with Crippen molar-refractivity contribution < 1.29 is 28.3 Å². The minimum Gasteiger partial charge on any atom is -0.457 e. The zero-order chi connectivity index (χ0) is 18.0. The van der Waals surface area contributed by atoms with Gasteiger partial charge in [-0.3, -0.25) is 15.0 Å². The molecule has 0 aromatic carbocycles. The van der Waals surface area contributed by atoms with E-state index < -0.39 is 36.0 Å². The van der Waals surface area contributed by atoms with Gasteiger partial charge in [0.05, 0.1) is 6.26 Å². The summed E-state index contributed by atoms with van der Waals surface area (Å²) in [7, 11) is 0. The first kappa shape index (κ1) is 17.0. The molecule has 0 atom stereocenters. The summed E-state index contributed by atoms with van der Waals surface area (Å²) in [5.74, 6) is -1.62. The van der Waals surface area contributed by atoms with Crippen LogP contribution < -0.4 is 10.7 Å². The fraction of sp³-hybridized carbons (Fsp3) is 0.500. The third-order valence-corrected chi connectivity index (χ3v) is 4.58. The topological polar surface area (TPSA) is 118 Å². The first-order chi connectivity index (χ1) is 11.9. The minimum atomic E-state index is -0.943. The van der Waals surface area contributed by atoms with Crippen molar-refractivity contribution in [1.29, 1.82) is 0 Å². The molecule has 1 saturated carbocycles. The number of esters is 1. The molecule has 2 N–H and O–H groups in total. The van der Waals surface area contributed by atoms with E-state index in [0.717, 1.165) is 12.8 Å². The molecule has 1 aromatic rings. The summed E-state index contributed by atoms with van der Waals surface area (Å²) in [5.41, 5.74) is 1.24. The SMILES string of the molecule is CC1CCC2(CC1)NC(=O)N(NC(=O)COC(=O)c1ccco1)C2=O. The van der Waals surface area contributed by atoms with Crippen LogP contribution in [0.25, 0.3) is 0 Å². The summed E-state index contributed by atoms with van der Waals surface area (Å²) in [4.78, 5) is 48.1. The molecule has 0 unspecified atom stereocenters. The summed E-state index contributed by atoms with van der Waals surface area (Å²) >= 11 is 0. The van der Waals surface area contributed by atoms with Crippen LogP contribution in [-0.4, -0.2) is 41.0 Å². The average molecular weight is 349 g/mol. The summed E-state index contributed by atoms with van der Waals surface area (Å²) < 4.78 is 9.61. The maximum atomic E-state index is 12.6. The first-order valence-corrected chi connectivity index (χ1v) is 8.08. The zero-order valence-electron chi connectivity index (χ0n) is 13.7. The Kier molecular flexibility index (Phi) is 4.47. The van der Waals surface area contributed by atoms with Crippen molar-refractivity contribution >= 4 is 23.8 Å². The average Bonchev–Trinajstić information content (AvgIpc) is 3.20. The highest BCUT2D eigenvalue weighted by Crippen LogP contribution is 2.35. The van der Waals surface area contributed by atoms with Gasteiger partial charge in [0.25, 0.3) is 11.8 Å². The maximum absolute atomic E-state index is 12.6. The van der Waals surface area contributed by atoms with E-state index >= 15 is 0 Å². The Morgan fingerprint density at radius 3 is 2.76 bits per heavy atom. The number of urea groups is 1. The number of nitrogens with one attached hydrogen (secondary N) is 2. The van der Waals surface area contributed by atoms with Crippen LogP contribution >= 0.6 is 0 Å². The number of rotatable bonds is 4. The first-order valence-electron chi connectivity index (χ1n) is 8.08. The number of hydrogen-bond acceptors (Lipinski definition) is 6. The van der Waals surface area contributed by atoms with Crippen molar-refractivity contribution in [2.75, 3.05) is 6.61 Å². The Balaban J connectivity index is 1.55. The molecule has 1 spiro atoms. The smallest absolute Gasteiger partial charge is 0.374 e. The van der Waals surface area contributed by atoms with E-state index in [9.17, 15) is 19.2 Å². The third-order valence-electron chi connectivity index (χ3n) is 4.58. The fourth-order valence-corrected chi connectivity index (χ4v) is 3.07. The van der Waals surface area contributed by atoms with E-state index in [4.69, 9.17) is 9.15 Å². The number of carbonyl (C=O) groups excluding carboxylic acids is 4. The van der Waals surface area contributed by atoms with Crippen LogP contribution in [-0.2, 0) is 14.3 Å². The second kappa shape index (κ2) is 6.58. The standard InChI is InChI=1S/C16H19N3O6/c1-10-4-6-16(7-5-10)14(22)19(15(23)17-16)18-12(20)9-25-13(21)11-3-2-8-24-11/h2-3,8,10H,4-7,9H2,1H3,(H,17,23)(H,18,20). The lowest BCUT2D eigenvalue weighted by Crippen LogP contribution is -2.52. The molecule has 3 rings (SSSR count). The number of ether oxygens (including phenoxy) is 1. The lowest BCUT2D eigenvalue weighted by molar-refractivity contribution is -0.141. The van der Waals surface area contributed by atoms with E-state index in [1.165, 1.54) is 18.4 Å². The lowest BCUT2D eigenvalue weighted by Gasteiger charge is -2.33. The van der Waals surface area contributed by atoms with Crippen LogP contribution in [0.4, 0.5) is 4.79 Å². The molecule has 9 heteroatoms. The summed E-state index contributed by atoms with van der Waals surface area (Å²) in [6.45, 7) is 1.46. The highest BCUT2D eigenvalue weighted by molar-refractivity contribution is 6.08. The zero-order valence-corrected chi connectivity index (χ0v) is 13.7. The van der Waals surface area contributed by atoms with Crippen molar-refractivity contribution in [2.24, 2.45) is 5.92 Å². The van der Waals surface area contributed by atoms with Gasteiger partial charge in [-0.15, -0.1) is 0 Å². The molecule has 2 aliphatic rings. The second-order valence-electron chi connectivity index (χ2n) is 6.42. The molecular weight excluding hydrogens is 330 g/mol. The molecule has 1 aliphatic carbocycles. The molecule has 1 saturated heterocycles. The quantitative estimate of drug-likeness (QED) is 0.618.